The third kappa shape index (κ3) is 4.70. The van der Waals surface area contributed by atoms with Gasteiger partial charge in [-0.25, -0.2) is 0 Å². The third-order valence-electron chi connectivity index (χ3n) is 4.50. The number of carbonyl (C=O) groups is 2. The minimum absolute atomic E-state index is 0.00725. The molecule has 2 aliphatic heterocycles. The first kappa shape index (κ1) is 17.7. The van der Waals surface area contributed by atoms with E-state index in [0.29, 0.717) is 52.5 Å². The van der Waals surface area contributed by atoms with Gasteiger partial charge in [0.05, 0.1) is 26.2 Å². The van der Waals surface area contributed by atoms with Crippen molar-refractivity contribution in [2.75, 3.05) is 52.5 Å². The van der Waals surface area contributed by atoms with E-state index in [-0.39, 0.29) is 18.2 Å². The maximum atomic E-state index is 12.8. The van der Waals surface area contributed by atoms with Crippen LogP contribution in [-0.2, 0) is 14.3 Å². The van der Waals surface area contributed by atoms with Crippen LogP contribution in [0.25, 0.3) is 0 Å². The number of carbonyl (C=O) groups excluding carboxylic acids is 2. The van der Waals surface area contributed by atoms with Crippen LogP contribution in [0.5, 0.6) is 5.75 Å². The molecule has 0 spiro atoms. The molecular formula is C18H25N3O4. The first-order chi connectivity index (χ1) is 12.3. The number of piperazine rings is 1. The molecule has 25 heavy (non-hydrogen) atoms. The van der Waals surface area contributed by atoms with Crippen LogP contribution in [0.4, 0.5) is 0 Å². The predicted octanol–water partition coefficient (Wildman–Crippen LogP) is 0.115. The summed E-state index contributed by atoms with van der Waals surface area (Å²) in [5.74, 6) is 0.716. The molecule has 1 aromatic carbocycles. The van der Waals surface area contributed by atoms with Crippen molar-refractivity contribution in [3.63, 3.8) is 0 Å². The number of nitrogens with one attached hydrogen (secondary N) is 1. The number of ether oxygens (including phenoxy) is 2. The van der Waals surface area contributed by atoms with Crippen molar-refractivity contribution < 1.29 is 19.1 Å². The zero-order valence-electron chi connectivity index (χ0n) is 14.4. The lowest BCUT2D eigenvalue weighted by Gasteiger charge is -2.39. The van der Waals surface area contributed by atoms with Gasteiger partial charge in [0.25, 0.3) is 0 Å². The van der Waals surface area contributed by atoms with Crippen LogP contribution < -0.4 is 10.1 Å². The summed E-state index contributed by atoms with van der Waals surface area (Å²) in [4.78, 5) is 28.9. The summed E-state index contributed by atoms with van der Waals surface area (Å²) >= 11 is 0. The molecule has 136 valence electrons. The van der Waals surface area contributed by atoms with E-state index in [1.807, 2.05) is 30.3 Å². The van der Waals surface area contributed by atoms with Crippen LogP contribution in [-0.4, -0.2) is 80.2 Å². The molecule has 0 bridgehead atoms. The normalized spacial score (nSPS) is 21.0. The maximum absolute atomic E-state index is 12.8. The second-order valence-electron chi connectivity index (χ2n) is 6.16. The second kappa shape index (κ2) is 8.82. The van der Waals surface area contributed by atoms with Crippen LogP contribution in [0, 0.1) is 0 Å². The lowest BCUT2D eigenvalue weighted by Crippen LogP contribution is -2.61. The first-order valence-electron chi connectivity index (χ1n) is 8.80. The molecule has 0 saturated carbocycles. The molecule has 0 aliphatic carbocycles. The summed E-state index contributed by atoms with van der Waals surface area (Å²) in [7, 11) is 0. The van der Waals surface area contributed by atoms with Gasteiger partial charge in [0.15, 0.2) is 0 Å². The molecule has 1 N–H and O–H groups in total. The fourth-order valence-electron chi connectivity index (χ4n) is 3.13. The van der Waals surface area contributed by atoms with E-state index in [4.69, 9.17) is 9.47 Å². The Kier molecular flexibility index (Phi) is 6.25. The Labute approximate surface area is 147 Å². The monoisotopic (exact) mass is 347 g/mol. The molecule has 7 heteroatoms. The Morgan fingerprint density at radius 2 is 1.92 bits per heavy atom. The molecule has 0 aromatic heterocycles. The van der Waals surface area contributed by atoms with Gasteiger partial charge in [0, 0.05) is 32.7 Å². The van der Waals surface area contributed by atoms with Crippen molar-refractivity contribution in [1.29, 1.82) is 0 Å². The molecule has 1 atom stereocenters. The Morgan fingerprint density at radius 3 is 2.68 bits per heavy atom. The van der Waals surface area contributed by atoms with Crippen molar-refractivity contribution >= 4 is 11.8 Å². The molecule has 0 radical (unpaired) electrons. The molecular weight excluding hydrogens is 322 g/mol. The number of hydrogen-bond acceptors (Lipinski definition) is 5. The first-order valence-corrected chi connectivity index (χ1v) is 8.80. The maximum Gasteiger partial charge on any atom is 0.246 e. The number of amides is 2. The molecule has 2 fully saturated rings. The zero-order valence-corrected chi connectivity index (χ0v) is 14.4. The van der Waals surface area contributed by atoms with Gasteiger partial charge in [0.2, 0.25) is 11.8 Å². The average Bonchev–Trinajstić information content (AvgIpc) is 2.69. The van der Waals surface area contributed by atoms with E-state index in [9.17, 15) is 9.59 Å². The zero-order chi connectivity index (χ0) is 17.5. The summed E-state index contributed by atoms with van der Waals surface area (Å²) < 4.78 is 10.9. The van der Waals surface area contributed by atoms with Crippen molar-refractivity contribution in [2.45, 2.75) is 12.5 Å². The summed E-state index contributed by atoms with van der Waals surface area (Å²) in [5, 5.41) is 3.22. The van der Waals surface area contributed by atoms with E-state index < -0.39 is 6.04 Å². The number of para-hydroxylation sites is 1. The van der Waals surface area contributed by atoms with Crippen molar-refractivity contribution in [3.8, 4) is 5.75 Å². The van der Waals surface area contributed by atoms with Gasteiger partial charge in [-0.2, -0.15) is 0 Å². The fraction of sp³-hybridized carbons (Fsp3) is 0.556. The van der Waals surface area contributed by atoms with Gasteiger partial charge in [-0.05, 0) is 12.1 Å². The summed E-state index contributed by atoms with van der Waals surface area (Å²) in [6.45, 7) is 4.37. The largest absolute Gasteiger partial charge is 0.493 e. The lowest BCUT2D eigenvalue weighted by molar-refractivity contribution is -0.149. The van der Waals surface area contributed by atoms with Gasteiger partial charge < -0.3 is 24.6 Å². The number of benzene rings is 1. The number of hydrogen-bond donors (Lipinski definition) is 1. The third-order valence-corrected chi connectivity index (χ3v) is 4.50. The van der Waals surface area contributed by atoms with E-state index in [0.717, 1.165) is 5.75 Å². The lowest BCUT2D eigenvalue weighted by atomic mass is 10.1. The van der Waals surface area contributed by atoms with Gasteiger partial charge in [-0.1, -0.05) is 18.2 Å². The summed E-state index contributed by atoms with van der Waals surface area (Å²) in [5.41, 5.74) is 0. The van der Waals surface area contributed by atoms with E-state index in [1.54, 1.807) is 9.80 Å². The van der Waals surface area contributed by atoms with Crippen LogP contribution in [0.3, 0.4) is 0 Å². The average molecular weight is 347 g/mol. The minimum Gasteiger partial charge on any atom is -0.493 e. The predicted molar refractivity (Wildman–Crippen MR) is 92.3 cm³/mol. The summed E-state index contributed by atoms with van der Waals surface area (Å²) in [6.07, 6.45) is 0.266. The molecule has 2 saturated heterocycles. The van der Waals surface area contributed by atoms with Crippen molar-refractivity contribution in [2.24, 2.45) is 0 Å². The highest BCUT2D eigenvalue weighted by Crippen LogP contribution is 2.13. The molecule has 2 heterocycles. The minimum atomic E-state index is -0.434. The SMILES string of the molecule is O=C([C@H]1CNCCN1C(=O)CCOc1ccccc1)N1CCOCC1. The van der Waals surface area contributed by atoms with Crippen molar-refractivity contribution in [1.82, 2.24) is 15.1 Å². The van der Waals surface area contributed by atoms with Crippen LogP contribution in [0.2, 0.25) is 0 Å². The van der Waals surface area contributed by atoms with Crippen molar-refractivity contribution in [3.05, 3.63) is 30.3 Å². The van der Waals surface area contributed by atoms with Gasteiger partial charge in [-0.15, -0.1) is 0 Å². The standard InChI is InChI=1S/C18H25N3O4/c22-17(6-11-25-15-4-2-1-3-5-15)21-8-7-19-14-16(21)18(23)20-9-12-24-13-10-20/h1-5,16,19H,6-14H2/t16-/m1/s1. The van der Waals surface area contributed by atoms with Crippen LogP contribution in [0.1, 0.15) is 6.42 Å². The second-order valence-corrected chi connectivity index (χ2v) is 6.16. The van der Waals surface area contributed by atoms with Gasteiger partial charge in [0.1, 0.15) is 11.8 Å². The Morgan fingerprint density at radius 1 is 1.16 bits per heavy atom. The van der Waals surface area contributed by atoms with E-state index in [1.165, 1.54) is 0 Å². The summed E-state index contributed by atoms with van der Waals surface area (Å²) in [6, 6.07) is 8.99. The molecule has 2 aliphatic rings. The van der Waals surface area contributed by atoms with Gasteiger partial charge in [-0.3, -0.25) is 9.59 Å². The quantitative estimate of drug-likeness (QED) is 0.819. The number of morpholine rings is 1. The Balaban J connectivity index is 1.54. The molecule has 3 rings (SSSR count). The number of rotatable bonds is 5. The fourth-order valence-corrected chi connectivity index (χ4v) is 3.13. The highest BCUT2D eigenvalue weighted by molar-refractivity contribution is 5.88. The molecule has 1 aromatic rings. The highest BCUT2D eigenvalue weighted by Gasteiger charge is 2.34. The van der Waals surface area contributed by atoms with Crippen LogP contribution in [0.15, 0.2) is 30.3 Å². The highest BCUT2D eigenvalue weighted by atomic mass is 16.5. The van der Waals surface area contributed by atoms with E-state index >= 15 is 0 Å². The number of nitrogens with zero attached hydrogens (tertiary/aromatic N) is 2. The molecule has 2 amide bonds. The van der Waals surface area contributed by atoms with Crippen LogP contribution >= 0.6 is 0 Å². The molecule has 7 nitrogen and oxygen atoms in total. The topological polar surface area (TPSA) is 71.1 Å². The van der Waals surface area contributed by atoms with E-state index in [2.05, 4.69) is 5.32 Å². The smallest absolute Gasteiger partial charge is 0.246 e. The Bertz CT molecular complexity index is 575. The van der Waals surface area contributed by atoms with Gasteiger partial charge >= 0.3 is 0 Å². The Hall–Kier alpha value is -2.12. The molecule has 0 unspecified atom stereocenters.